The molecule has 3 unspecified atom stereocenters. The Balaban J connectivity index is 2.07. The fourth-order valence-corrected chi connectivity index (χ4v) is 2.87. The zero-order valence-electron chi connectivity index (χ0n) is 11.3. The summed E-state index contributed by atoms with van der Waals surface area (Å²) in [5.41, 5.74) is 0.379. The molecule has 0 radical (unpaired) electrons. The van der Waals surface area contributed by atoms with Crippen LogP contribution in [0.2, 0.25) is 0 Å². The fraction of sp³-hybridized carbons (Fsp3) is 0.533. The van der Waals surface area contributed by atoms with Gasteiger partial charge in [0.15, 0.2) is 0 Å². The normalized spacial score (nSPS) is 27.0. The Morgan fingerprint density at radius 2 is 2.11 bits per heavy atom. The van der Waals surface area contributed by atoms with Gasteiger partial charge >= 0.3 is 5.97 Å². The summed E-state index contributed by atoms with van der Waals surface area (Å²) in [5, 5.41) is 12.1. The number of halogens is 1. The summed E-state index contributed by atoms with van der Waals surface area (Å²) in [5.74, 6) is -0.622. The molecule has 0 saturated heterocycles. The Hall–Kier alpha value is -1.58. The van der Waals surface area contributed by atoms with Gasteiger partial charge in [0.05, 0.1) is 5.56 Å². The van der Waals surface area contributed by atoms with E-state index in [0.29, 0.717) is 17.6 Å². The molecule has 0 amide bonds. The molecule has 0 aromatic heterocycles. The Morgan fingerprint density at radius 3 is 2.68 bits per heavy atom. The number of anilines is 1. The lowest BCUT2D eigenvalue weighted by atomic mass is 9.80. The predicted molar refractivity (Wildman–Crippen MR) is 72.9 cm³/mol. The molecule has 1 aliphatic rings. The lowest BCUT2D eigenvalue weighted by Crippen LogP contribution is -2.33. The summed E-state index contributed by atoms with van der Waals surface area (Å²) in [6, 6.07) is 4.56. The molecule has 2 rings (SSSR count). The molecule has 0 bridgehead atoms. The summed E-state index contributed by atoms with van der Waals surface area (Å²) in [4.78, 5) is 10.8. The molecule has 1 aromatic rings. The highest BCUT2D eigenvalue weighted by molar-refractivity contribution is 5.88. The average Bonchev–Trinajstić information content (AvgIpc) is 2.32. The van der Waals surface area contributed by atoms with Crippen LogP contribution in [0.1, 0.15) is 43.5 Å². The van der Waals surface area contributed by atoms with Gasteiger partial charge in [-0.3, -0.25) is 0 Å². The van der Waals surface area contributed by atoms with Gasteiger partial charge in [-0.25, -0.2) is 9.18 Å². The first-order chi connectivity index (χ1) is 8.97. The Bertz CT molecular complexity index is 475. The van der Waals surface area contributed by atoms with Crippen molar-refractivity contribution in [3.05, 3.63) is 29.6 Å². The third kappa shape index (κ3) is 3.25. The molecular weight excluding hydrogens is 245 g/mol. The minimum atomic E-state index is -1.23. The van der Waals surface area contributed by atoms with Crippen LogP contribution in [0.15, 0.2) is 18.2 Å². The van der Waals surface area contributed by atoms with Gasteiger partial charge in [0.25, 0.3) is 0 Å². The number of hydrogen-bond acceptors (Lipinski definition) is 2. The quantitative estimate of drug-likeness (QED) is 0.874. The number of aromatic carboxylic acids is 1. The molecule has 0 aliphatic heterocycles. The van der Waals surface area contributed by atoms with Crippen LogP contribution in [-0.4, -0.2) is 17.1 Å². The van der Waals surface area contributed by atoms with Gasteiger partial charge < -0.3 is 10.4 Å². The van der Waals surface area contributed by atoms with Crippen molar-refractivity contribution < 1.29 is 14.3 Å². The molecule has 2 N–H and O–H groups in total. The van der Waals surface area contributed by atoms with E-state index in [2.05, 4.69) is 19.2 Å². The van der Waals surface area contributed by atoms with Crippen molar-refractivity contribution in [1.82, 2.24) is 0 Å². The molecular formula is C15H20FNO2. The Labute approximate surface area is 112 Å². The molecule has 104 valence electrons. The molecule has 0 spiro atoms. The van der Waals surface area contributed by atoms with Crippen molar-refractivity contribution in [3.8, 4) is 0 Å². The predicted octanol–water partition coefficient (Wildman–Crippen LogP) is 3.76. The van der Waals surface area contributed by atoms with Crippen LogP contribution in [0.25, 0.3) is 0 Å². The monoisotopic (exact) mass is 265 g/mol. The highest BCUT2D eigenvalue weighted by Gasteiger charge is 2.25. The molecule has 19 heavy (non-hydrogen) atoms. The first-order valence-corrected chi connectivity index (χ1v) is 6.76. The fourth-order valence-electron chi connectivity index (χ4n) is 2.87. The molecule has 1 fully saturated rings. The van der Waals surface area contributed by atoms with Gasteiger partial charge in [-0.15, -0.1) is 0 Å². The van der Waals surface area contributed by atoms with Crippen LogP contribution in [0, 0.1) is 17.7 Å². The van der Waals surface area contributed by atoms with Crippen molar-refractivity contribution in [3.63, 3.8) is 0 Å². The van der Waals surface area contributed by atoms with E-state index in [1.165, 1.54) is 25.0 Å². The Kier molecular flexibility index (Phi) is 4.08. The molecule has 1 aliphatic carbocycles. The lowest BCUT2D eigenvalue weighted by molar-refractivity contribution is 0.0692. The second-order valence-electron chi connectivity index (χ2n) is 5.65. The molecule has 0 heterocycles. The zero-order valence-corrected chi connectivity index (χ0v) is 11.3. The van der Waals surface area contributed by atoms with Crippen LogP contribution < -0.4 is 5.32 Å². The minimum absolute atomic E-state index is 0.282. The summed E-state index contributed by atoms with van der Waals surface area (Å²) in [7, 11) is 0. The summed E-state index contributed by atoms with van der Waals surface area (Å²) in [6.45, 7) is 4.46. The van der Waals surface area contributed by atoms with Gasteiger partial charge in [-0.1, -0.05) is 13.8 Å². The maximum atomic E-state index is 13.6. The van der Waals surface area contributed by atoms with E-state index in [-0.39, 0.29) is 5.56 Å². The molecule has 3 atom stereocenters. The van der Waals surface area contributed by atoms with Crippen LogP contribution in [0.4, 0.5) is 10.1 Å². The van der Waals surface area contributed by atoms with Crippen molar-refractivity contribution in [2.24, 2.45) is 11.8 Å². The van der Waals surface area contributed by atoms with Gasteiger partial charge in [0.2, 0.25) is 0 Å². The number of benzene rings is 1. The van der Waals surface area contributed by atoms with Crippen molar-refractivity contribution in [2.75, 3.05) is 5.32 Å². The number of nitrogens with one attached hydrogen (secondary N) is 1. The van der Waals surface area contributed by atoms with Crippen LogP contribution in [0.3, 0.4) is 0 Å². The second kappa shape index (κ2) is 5.59. The van der Waals surface area contributed by atoms with Crippen LogP contribution >= 0.6 is 0 Å². The summed E-state index contributed by atoms with van der Waals surface area (Å²) in [6.07, 6.45) is 3.43. The van der Waals surface area contributed by atoms with Crippen LogP contribution in [0.5, 0.6) is 0 Å². The molecule has 4 heteroatoms. The first-order valence-electron chi connectivity index (χ1n) is 6.76. The third-order valence-electron chi connectivity index (χ3n) is 3.98. The van der Waals surface area contributed by atoms with Gasteiger partial charge in [0, 0.05) is 11.7 Å². The van der Waals surface area contributed by atoms with Crippen molar-refractivity contribution in [1.29, 1.82) is 0 Å². The lowest BCUT2D eigenvalue weighted by Gasteiger charge is -2.33. The van der Waals surface area contributed by atoms with E-state index in [0.717, 1.165) is 12.3 Å². The highest BCUT2D eigenvalue weighted by atomic mass is 19.1. The van der Waals surface area contributed by atoms with E-state index in [1.54, 1.807) is 6.07 Å². The average molecular weight is 265 g/mol. The van der Waals surface area contributed by atoms with E-state index >= 15 is 0 Å². The molecule has 1 aromatic carbocycles. The van der Waals surface area contributed by atoms with Crippen LogP contribution in [-0.2, 0) is 0 Å². The number of rotatable bonds is 3. The van der Waals surface area contributed by atoms with E-state index in [9.17, 15) is 9.18 Å². The van der Waals surface area contributed by atoms with E-state index in [1.807, 2.05) is 0 Å². The standard InChI is InChI=1S/C15H20FNO2/c1-9-3-6-14(10(2)7-9)17-11-4-5-12(15(18)19)13(16)8-11/h4-5,8-10,14,17H,3,6-7H2,1-2H3,(H,18,19). The van der Waals surface area contributed by atoms with Gasteiger partial charge in [0.1, 0.15) is 5.82 Å². The highest BCUT2D eigenvalue weighted by Crippen LogP contribution is 2.31. The maximum Gasteiger partial charge on any atom is 0.338 e. The Morgan fingerprint density at radius 1 is 1.37 bits per heavy atom. The topological polar surface area (TPSA) is 49.3 Å². The number of hydrogen-bond donors (Lipinski definition) is 2. The van der Waals surface area contributed by atoms with Gasteiger partial charge in [-0.2, -0.15) is 0 Å². The SMILES string of the molecule is CC1CCC(Nc2ccc(C(=O)O)c(F)c2)C(C)C1. The minimum Gasteiger partial charge on any atom is -0.478 e. The van der Waals surface area contributed by atoms with E-state index in [4.69, 9.17) is 5.11 Å². The van der Waals surface area contributed by atoms with Gasteiger partial charge in [-0.05, 0) is 49.3 Å². The molecule has 1 saturated carbocycles. The summed E-state index contributed by atoms with van der Waals surface area (Å²) < 4.78 is 13.6. The number of carboxylic acids is 1. The van der Waals surface area contributed by atoms with Crippen molar-refractivity contribution >= 4 is 11.7 Å². The largest absolute Gasteiger partial charge is 0.478 e. The zero-order chi connectivity index (χ0) is 14.0. The third-order valence-corrected chi connectivity index (χ3v) is 3.98. The first kappa shape index (κ1) is 13.8. The smallest absolute Gasteiger partial charge is 0.338 e. The number of carboxylic acid groups (broad SMARTS) is 1. The van der Waals surface area contributed by atoms with E-state index < -0.39 is 11.8 Å². The number of carbonyl (C=O) groups is 1. The summed E-state index contributed by atoms with van der Waals surface area (Å²) >= 11 is 0. The van der Waals surface area contributed by atoms with Crippen molar-refractivity contribution in [2.45, 2.75) is 39.2 Å². The maximum absolute atomic E-state index is 13.6. The molecule has 3 nitrogen and oxygen atoms in total. The second-order valence-corrected chi connectivity index (χ2v) is 5.65.